The van der Waals surface area contributed by atoms with Gasteiger partial charge in [-0.15, -0.1) is 0 Å². The summed E-state index contributed by atoms with van der Waals surface area (Å²) < 4.78 is 0. The van der Waals surface area contributed by atoms with Crippen LogP contribution in [0.15, 0.2) is 18.6 Å². The van der Waals surface area contributed by atoms with E-state index in [0.717, 1.165) is 25.1 Å². The zero-order chi connectivity index (χ0) is 11.0. The first-order chi connectivity index (χ1) is 7.83. The van der Waals surface area contributed by atoms with Crippen molar-refractivity contribution in [3.8, 4) is 0 Å². The van der Waals surface area contributed by atoms with Gasteiger partial charge in [0.25, 0.3) is 0 Å². The maximum atomic E-state index is 6.06. The summed E-state index contributed by atoms with van der Waals surface area (Å²) in [4.78, 5) is 11.1. The van der Waals surface area contributed by atoms with E-state index in [9.17, 15) is 0 Å². The fourth-order valence-electron chi connectivity index (χ4n) is 3.17. The summed E-state index contributed by atoms with van der Waals surface area (Å²) in [5.74, 6) is 0. The number of hydrogen-bond acceptors (Lipinski definition) is 4. The van der Waals surface area contributed by atoms with Crippen LogP contribution in [0.25, 0.3) is 0 Å². The van der Waals surface area contributed by atoms with Crippen LogP contribution < -0.4 is 5.73 Å². The smallest absolute Gasteiger partial charge is 0.0727 e. The molecule has 4 heteroatoms. The lowest BCUT2D eigenvalue weighted by atomic mass is 9.98. The van der Waals surface area contributed by atoms with Crippen molar-refractivity contribution in [3.63, 3.8) is 0 Å². The lowest BCUT2D eigenvalue weighted by Gasteiger charge is -2.37. The topological polar surface area (TPSA) is 55.0 Å². The van der Waals surface area contributed by atoms with Crippen LogP contribution in [0.3, 0.4) is 0 Å². The first-order valence-corrected chi connectivity index (χ1v) is 6.09. The summed E-state index contributed by atoms with van der Waals surface area (Å²) in [6.07, 6.45) is 10.3. The van der Waals surface area contributed by atoms with E-state index in [0.29, 0.717) is 18.1 Å². The van der Waals surface area contributed by atoms with Crippen molar-refractivity contribution in [2.45, 2.75) is 50.4 Å². The van der Waals surface area contributed by atoms with Crippen molar-refractivity contribution in [3.05, 3.63) is 24.3 Å². The highest BCUT2D eigenvalue weighted by Gasteiger charge is 2.39. The number of piperidine rings is 1. The second kappa shape index (κ2) is 4.11. The van der Waals surface area contributed by atoms with E-state index in [-0.39, 0.29) is 0 Å². The molecule has 2 bridgehead atoms. The van der Waals surface area contributed by atoms with Gasteiger partial charge in [-0.2, -0.15) is 0 Å². The minimum Gasteiger partial charge on any atom is -0.328 e. The van der Waals surface area contributed by atoms with Gasteiger partial charge in [-0.05, 0) is 25.7 Å². The zero-order valence-corrected chi connectivity index (χ0v) is 9.42. The summed E-state index contributed by atoms with van der Waals surface area (Å²) >= 11 is 0. The van der Waals surface area contributed by atoms with Gasteiger partial charge in [0, 0.05) is 43.3 Å². The van der Waals surface area contributed by atoms with Crippen LogP contribution in [0, 0.1) is 0 Å². The number of nitrogens with zero attached hydrogens (tertiary/aromatic N) is 3. The van der Waals surface area contributed by atoms with Gasteiger partial charge in [-0.25, -0.2) is 0 Å². The van der Waals surface area contributed by atoms with E-state index < -0.39 is 0 Å². The normalized spacial score (nSPS) is 34.2. The van der Waals surface area contributed by atoms with Gasteiger partial charge in [-0.1, -0.05) is 0 Å². The molecule has 2 fully saturated rings. The predicted octanol–water partition coefficient (Wildman–Crippen LogP) is 0.931. The van der Waals surface area contributed by atoms with Gasteiger partial charge in [-0.3, -0.25) is 14.9 Å². The van der Waals surface area contributed by atoms with Crippen molar-refractivity contribution in [1.29, 1.82) is 0 Å². The summed E-state index contributed by atoms with van der Waals surface area (Å²) in [7, 11) is 0. The molecule has 0 spiro atoms. The average molecular weight is 218 g/mol. The third-order valence-corrected chi connectivity index (χ3v) is 3.88. The number of rotatable bonds is 2. The Morgan fingerprint density at radius 3 is 2.62 bits per heavy atom. The summed E-state index contributed by atoms with van der Waals surface area (Å²) in [6.45, 7) is 0.940. The van der Waals surface area contributed by atoms with Crippen LogP contribution in [0.2, 0.25) is 0 Å². The lowest BCUT2D eigenvalue weighted by molar-refractivity contribution is 0.118. The first kappa shape index (κ1) is 10.2. The molecule has 3 atom stereocenters. The van der Waals surface area contributed by atoms with Gasteiger partial charge < -0.3 is 5.73 Å². The second-order valence-electron chi connectivity index (χ2n) is 4.99. The fraction of sp³-hybridized carbons (Fsp3) is 0.667. The summed E-state index contributed by atoms with van der Waals surface area (Å²) in [5.41, 5.74) is 7.14. The minimum absolute atomic E-state index is 0.413. The molecule has 2 saturated heterocycles. The van der Waals surface area contributed by atoms with Gasteiger partial charge in [0.05, 0.1) is 5.69 Å². The Bertz CT molecular complexity index is 339. The predicted molar refractivity (Wildman–Crippen MR) is 61.6 cm³/mol. The van der Waals surface area contributed by atoms with Crippen molar-refractivity contribution in [2.75, 3.05) is 0 Å². The molecule has 16 heavy (non-hydrogen) atoms. The Hall–Kier alpha value is -1.00. The molecular weight excluding hydrogens is 200 g/mol. The average Bonchev–Trinajstić information content (AvgIpc) is 2.54. The van der Waals surface area contributed by atoms with Crippen LogP contribution in [-0.4, -0.2) is 33.0 Å². The maximum Gasteiger partial charge on any atom is 0.0727 e. The molecule has 3 rings (SSSR count). The van der Waals surface area contributed by atoms with Crippen LogP contribution in [0.5, 0.6) is 0 Å². The lowest BCUT2D eigenvalue weighted by Crippen LogP contribution is -2.46. The molecule has 0 radical (unpaired) electrons. The highest BCUT2D eigenvalue weighted by molar-refractivity contribution is 5.02. The maximum absolute atomic E-state index is 6.06. The summed E-state index contributed by atoms with van der Waals surface area (Å²) in [5, 5.41) is 0. The molecule has 2 N–H and O–H groups in total. The molecule has 4 nitrogen and oxygen atoms in total. The Morgan fingerprint density at radius 2 is 2.00 bits per heavy atom. The largest absolute Gasteiger partial charge is 0.328 e. The van der Waals surface area contributed by atoms with Gasteiger partial charge >= 0.3 is 0 Å². The molecule has 0 saturated carbocycles. The monoisotopic (exact) mass is 218 g/mol. The number of fused-ring (bicyclic) bond motifs is 2. The SMILES string of the molecule is NC1C[C@H]2CC[C@@H](C1)N2Cc1cnccn1. The van der Waals surface area contributed by atoms with Crippen molar-refractivity contribution >= 4 is 0 Å². The molecular formula is C12H18N4. The highest BCUT2D eigenvalue weighted by Crippen LogP contribution is 2.35. The fourth-order valence-corrected chi connectivity index (χ4v) is 3.17. The van der Waals surface area contributed by atoms with Crippen LogP contribution in [0.1, 0.15) is 31.4 Å². The molecule has 1 aromatic heterocycles. The van der Waals surface area contributed by atoms with Gasteiger partial charge in [0.2, 0.25) is 0 Å². The molecule has 0 aliphatic carbocycles. The number of aromatic nitrogens is 2. The molecule has 86 valence electrons. The third kappa shape index (κ3) is 1.83. The Balaban J connectivity index is 1.72. The molecule has 2 aliphatic heterocycles. The van der Waals surface area contributed by atoms with E-state index in [1.165, 1.54) is 12.8 Å². The van der Waals surface area contributed by atoms with Crippen LogP contribution >= 0.6 is 0 Å². The highest BCUT2D eigenvalue weighted by atomic mass is 15.2. The van der Waals surface area contributed by atoms with Crippen molar-refractivity contribution in [1.82, 2.24) is 14.9 Å². The number of hydrogen-bond donors (Lipinski definition) is 1. The van der Waals surface area contributed by atoms with Crippen LogP contribution in [0.4, 0.5) is 0 Å². The number of nitrogens with two attached hydrogens (primary N) is 1. The van der Waals surface area contributed by atoms with Gasteiger partial charge in [0.15, 0.2) is 0 Å². The minimum atomic E-state index is 0.413. The summed E-state index contributed by atoms with van der Waals surface area (Å²) in [6, 6.07) is 1.77. The van der Waals surface area contributed by atoms with Crippen molar-refractivity contribution in [2.24, 2.45) is 5.73 Å². The molecule has 0 aromatic carbocycles. The van der Waals surface area contributed by atoms with E-state index in [1.807, 2.05) is 6.20 Å². The molecule has 1 aromatic rings. The van der Waals surface area contributed by atoms with Crippen LogP contribution in [-0.2, 0) is 6.54 Å². The standard InChI is InChI=1S/C12H18N4/c13-9-5-11-1-2-12(6-9)16(11)8-10-7-14-3-4-15-10/h3-4,7,9,11-12H,1-2,5-6,8,13H2/t9?,11-,12+. The molecule has 1 unspecified atom stereocenters. The first-order valence-electron chi connectivity index (χ1n) is 6.09. The van der Waals surface area contributed by atoms with E-state index >= 15 is 0 Å². The van der Waals surface area contributed by atoms with Gasteiger partial charge in [0.1, 0.15) is 0 Å². The molecule has 2 aliphatic rings. The third-order valence-electron chi connectivity index (χ3n) is 3.88. The Labute approximate surface area is 95.9 Å². The molecule has 0 amide bonds. The Kier molecular flexibility index (Phi) is 2.61. The van der Waals surface area contributed by atoms with E-state index in [4.69, 9.17) is 5.73 Å². The van der Waals surface area contributed by atoms with E-state index in [2.05, 4.69) is 14.9 Å². The zero-order valence-electron chi connectivity index (χ0n) is 9.42. The van der Waals surface area contributed by atoms with E-state index in [1.54, 1.807) is 12.4 Å². The Morgan fingerprint density at radius 1 is 1.25 bits per heavy atom. The quantitative estimate of drug-likeness (QED) is 0.802. The second-order valence-corrected chi connectivity index (χ2v) is 4.99. The van der Waals surface area contributed by atoms with Crippen molar-refractivity contribution < 1.29 is 0 Å². The molecule has 3 heterocycles.